The lowest BCUT2D eigenvalue weighted by atomic mass is 9.99. The molecule has 1 aliphatic rings. The first-order chi connectivity index (χ1) is 9.17. The van der Waals surface area contributed by atoms with Crippen molar-refractivity contribution in [2.75, 3.05) is 33.3 Å². The molecule has 0 aromatic heterocycles. The first-order valence-electron chi connectivity index (χ1n) is 7.02. The van der Waals surface area contributed by atoms with Crippen LogP contribution < -0.4 is 10.6 Å². The molecule has 0 aromatic carbocycles. The number of nitrogens with one attached hydrogen (secondary N) is 2. The molecule has 1 heterocycles. The highest BCUT2D eigenvalue weighted by Gasteiger charge is 2.24. The fraction of sp³-hybridized carbons (Fsp3) is 0.846. The number of nitrogens with zero attached hydrogens (tertiary/aromatic N) is 1. The fourth-order valence-electron chi connectivity index (χ4n) is 2.41. The van der Waals surface area contributed by atoms with E-state index < -0.39 is 6.09 Å². The molecule has 0 aliphatic carbocycles. The molecule has 6 nitrogen and oxygen atoms in total. The van der Waals surface area contributed by atoms with E-state index >= 15 is 0 Å². The van der Waals surface area contributed by atoms with Crippen LogP contribution in [0.3, 0.4) is 0 Å². The molecule has 0 saturated carbocycles. The van der Waals surface area contributed by atoms with Gasteiger partial charge in [-0.15, -0.1) is 0 Å². The van der Waals surface area contributed by atoms with Gasteiger partial charge in [-0.25, -0.2) is 4.79 Å². The molecule has 0 bridgehead atoms. The van der Waals surface area contributed by atoms with Crippen LogP contribution in [0.2, 0.25) is 0 Å². The van der Waals surface area contributed by atoms with Crippen LogP contribution in [0, 0.1) is 0 Å². The smallest absolute Gasteiger partial charge is 0.413 e. The van der Waals surface area contributed by atoms with Gasteiger partial charge >= 0.3 is 6.09 Å². The highest BCUT2D eigenvalue weighted by molar-refractivity contribution is 5.92. The zero-order chi connectivity index (χ0) is 14.1. The van der Waals surface area contributed by atoms with Gasteiger partial charge in [-0.05, 0) is 46.3 Å². The lowest BCUT2D eigenvalue weighted by molar-refractivity contribution is -0.122. The lowest BCUT2D eigenvalue weighted by Crippen LogP contribution is -2.47. The van der Waals surface area contributed by atoms with Gasteiger partial charge in [-0.1, -0.05) is 6.42 Å². The molecular formula is C13H25N3O3. The maximum absolute atomic E-state index is 11.7. The Morgan fingerprint density at radius 2 is 2.16 bits per heavy atom. The maximum Gasteiger partial charge on any atom is 0.413 e. The second kappa shape index (κ2) is 8.87. The van der Waals surface area contributed by atoms with Crippen LogP contribution in [0.4, 0.5) is 4.79 Å². The molecule has 19 heavy (non-hydrogen) atoms. The summed E-state index contributed by atoms with van der Waals surface area (Å²) in [5.41, 5.74) is 0. The van der Waals surface area contributed by atoms with Gasteiger partial charge in [0.05, 0.1) is 13.2 Å². The number of carbonyl (C=O) groups excluding carboxylic acids is 2. The van der Waals surface area contributed by atoms with Crippen molar-refractivity contribution in [3.05, 3.63) is 0 Å². The second-order valence-electron chi connectivity index (χ2n) is 4.78. The molecule has 110 valence electrons. The monoisotopic (exact) mass is 271 g/mol. The van der Waals surface area contributed by atoms with Crippen molar-refractivity contribution in [1.29, 1.82) is 0 Å². The third-order valence-electron chi connectivity index (χ3n) is 3.34. The third kappa shape index (κ3) is 6.02. The van der Waals surface area contributed by atoms with Gasteiger partial charge < -0.3 is 10.1 Å². The Hall–Kier alpha value is -1.14. The number of rotatable bonds is 6. The molecule has 1 atom stereocenters. The highest BCUT2D eigenvalue weighted by atomic mass is 16.5. The summed E-state index contributed by atoms with van der Waals surface area (Å²) in [6.45, 7) is 4.12. The Kier molecular flexibility index (Phi) is 7.43. The molecule has 1 unspecified atom stereocenters. The minimum Gasteiger partial charge on any atom is -0.450 e. The average Bonchev–Trinajstić information content (AvgIpc) is 2.37. The number of alkyl carbamates (subject to hydrolysis) is 1. The predicted octanol–water partition coefficient (Wildman–Crippen LogP) is 0.723. The summed E-state index contributed by atoms with van der Waals surface area (Å²) in [4.78, 5) is 25.1. The topological polar surface area (TPSA) is 70.7 Å². The van der Waals surface area contributed by atoms with E-state index in [0.29, 0.717) is 6.04 Å². The fourth-order valence-corrected chi connectivity index (χ4v) is 2.41. The van der Waals surface area contributed by atoms with E-state index in [0.717, 1.165) is 32.4 Å². The van der Waals surface area contributed by atoms with Crippen LogP contribution in [0.1, 0.15) is 32.6 Å². The van der Waals surface area contributed by atoms with E-state index in [-0.39, 0.29) is 19.1 Å². The summed E-state index contributed by atoms with van der Waals surface area (Å²) in [5, 5.41) is 5.38. The Morgan fingerprint density at radius 1 is 1.37 bits per heavy atom. The van der Waals surface area contributed by atoms with E-state index in [9.17, 15) is 9.59 Å². The zero-order valence-electron chi connectivity index (χ0n) is 11.9. The largest absolute Gasteiger partial charge is 0.450 e. The summed E-state index contributed by atoms with van der Waals surface area (Å²) in [6.07, 6.45) is 3.82. The first-order valence-corrected chi connectivity index (χ1v) is 7.02. The SMILES string of the molecule is CCOC(=O)NC(=O)CN1CCCCC1CCNC. The van der Waals surface area contributed by atoms with Crippen molar-refractivity contribution in [3.8, 4) is 0 Å². The van der Waals surface area contributed by atoms with Gasteiger partial charge in [0.1, 0.15) is 0 Å². The Labute approximate surface area is 114 Å². The molecule has 2 amide bonds. The number of likely N-dealkylation sites (tertiary alicyclic amines) is 1. The minimum atomic E-state index is -0.656. The van der Waals surface area contributed by atoms with Gasteiger partial charge in [0.25, 0.3) is 0 Å². The number of amides is 2. The van der Waals surface area contributed by atoms with Crippen LogP contribution in [0.25, 0.3) is 0 Å². The summed E-state index contributed by atoms with van der Waals surface area (Å²) in [7, 11) is 1.93. The summed E-state index contributed by atoms with van der Waals surface area (Å²) in [6, 6.07) is 0.425. The molecule has 1 aliphatic heterocycles. The van der Waals surface area contributed by atoms with Crippen molar-refractivity contribution in [1.82, 2.24) is 15.5 Å². The second-order valence-corrected chi connectivity index (χ2v) is 4.78. The Balaban J connectivity index is 2.38. The lowest BCUT2D eigenvalue weighted by Gasteiger charge is -2.35. The van der Waals surface area contributed by atoms with E-state index in [1.807, 2.05) is 7.05 Å². The van der Waals surface area contributed by atoms with Crippen LogP contribution in [-0.2, 0) is 9.53 Å². The van der Waals surface area contributed by atoms with Gasteiger partial charge in [0, 0.05) is 6.04 Å². The molecule has 1 saturated heterocycles. The zero-order valence-corrected chi connectivity index (χ0v) is 11.9. The minimum absolute atomic E-state index is 0.271. The van der Waals surface area contributed by atoms with Crippen LogP contribution >= 0.6 is 0 Å². The molecule has 1 rings (SSSR count). The Bertz CT molecular complexity index is 297. The van der Waals surface area contributed by atoms with Crippen molar-refractivity contribution in [2.45, 2.75) is 38.6 Å². The van der Waals surface area contributed by atoms with Gasteiger partial charge in [-0.3, -0.25) is 15.0 Å². The van der Waals surface area contributed by atoms with Crippen molar-refractivity contribution >= 4 is 12.0 Å². The molecule has 2 N–H and O–H groups in total. The number of piperidine rings is 1. The van der Waals surface area contributed by atoms with Gasteiger partial charge in [0.2, 0.25) is 5.91 Å². The van der Waals surface area contributed by atoms with E-state index in [1.54, 1.807) is 6.92 Å². The standard InChI is InChI=1S/C13H25N3O3/c1-3-19-13(18)15-12(17)10-16-9-5-4-6-11(16)7-8-14-2/h11,14H,3-10H2,1-2H3,(H,15,17,18). The number of carbonyl (C=O) groups is 2. The predicted molar refractivity (Wildman–Crippen MR) is 72.9 cm³/mol. The molecule has 0 radical (unpaired) electrons. The van der Waals surface area contributed by atoms with Crippen molar-refractivity contribution < 1.29 is 14.3 Å². The van der Waals surface area contributed by atoms with Crippen molar-refractivity contribution in [3.63, 3.8) is 0 Å². The number of imide groups is 1. The average molecular weight is 271 g/mol. The van der Waals surface area contributed by atoms with E-state index in [2.05, 4.69) is 15.5 Å². The molecular weight excluding hydrogens is 246 g/mol. The van der Waals surface area contributed by atoms with Crippen LogP contribution in [0.5, 0.6) is 0 Å². The maximum atomic E-state index is 11.7. The number of hydrogen-bond donors (Lipinski definition) is 2. The van der Waals surface area contributed by atoms with Crippen LogP contribution in [-0.4, -0.2) is 56.2 Å². The molecule has 0 aromatic rings. The van der Waals surface area contributed by atoms with Crippen molar-refractivity contribution in [2.24, 2.45) is 0 Å². The normalized spacial score (nSPS) is 20.0. The highest BCUT2D eigenvalue weighted by Crippen LogP contribution is 2.18. The molecule has 1 fully saturated rings. The van der Waals surface area contributed by atoms with Gasteiger partial charge in [0.15, 0.2) is 0 Å². The number of hydrogen-bond acceptors (Lipinski definition) is 5. The summed E-state index contributed by atoms with van der Waals surface area (Å²) < 4.78 is 4.69. The third-order valence-corrected chi connectivity index (χ3v) is 3.34. The van der Waals surface area contributed by atoms with Gasteiger partial charge in [-0.2, -0.15) is 0 Å². The summed E-state index contributed by atoms with van der Waals surface area (Å²) in [5.74, 6) is -0.283. The van der Waals surface area contributed by atoms with E-state index in [1.165, 1.54) is 6.42 Å². The molecule has 0 spiro atoms. The number of ether oxygens (including phenoxy) is 1. The Morgan fingerprint density at radius 3 is 2.84 bits per heavy atom. The summed E-state index contributed by atoms with van der Waals surface area (Å²) >= 11 is 0. The van der Waals surface area contributed by atoms with Crippen LogP contribution in [0.15, 0.2) is 0 Å². The molecule has 6 heteroatoms. The quantitative estimate of drug-likeness (QED) is 0.745. The first kappa shape index (κ1) is 15.9. The van der Waals surface area contributed by atoms with E-state index in [4.69, 9.17) is 4.74 Å².